The van der Waals surface area contributed by atoms with Crippen molar-refractivity contribution in [3.05, 3.63) is 76.1 Å². The third kappa shape index (κ3) is 5.49. The highest BCUT2D eigenvalue weighted by Crippen LogP contribution is 2.26. The van der Waals surface area contributed by atoms with E-state index in [4.69, 9.17) is 0 Å². The number of thiazole rings is 1. The van der Waals surface area contributed by atoms with E-state index in [2.05, 4.69) is 52.2 Å². The Morgan fingerprint density at radius 1 is 1.23 bits per heavy atom. The fraction of sp³-hybridized carbons (Fsp3) is 0.182. The Bertz CT molecular complexity index is 1160. The Morgan fingerprint density at radius 2 is 2.06 bits per heavy atom. The van der Waals surface area contributed by atoms with Crippen LogP contribution in [0.2, 0.25) is 0 Å². The number of anilines is 1. The van der Waals surface area contributed by atoms with Gasteiger partial charge in [-0.2, -0.15) is 0 Å². The molecule has 0 spiro atoms. The maximum atomic E-state index is 12.5. The summed E-state index contributed by atoms with van der Waals surface area (Å²) in [6, 6.07) is 12.3. The van der Waals surface area contributed by atoms with Crippen LogP contribution in [0.5, 0.6) is 0 Å². The molecule has 0 radical (unpaired) electrons. The molecular weight excluding hydrogens is 446 g/mol. The zero-order valence-corrected chi connectivity index (χ0v) is 19.4. The predicted molar refractivity (Wildman–Crippen MR) is 129 cm³/mol. The quantitative estimate of drug-likeness (QED) is 0.268. The molecule has 0 bridgehead atoms. The van der Waals surface area contributed by atoms with E-state index in [9.17, 15) is 4.79 Å². The Hall–Kier alpha value is -2.75. The summed E-state index contributed by atoms with van der Waals surface area (Å²) in [5.41, 5.74) is 3.09. The van der Waals surface area contributed by atoms with Crippen LogP contribution in [0.15, 0.2) is 65.0 Å². The van der Waals surface area contributed by atoms with E-state index in [0.29, 0.717) is 23.3 Å². The average Bonchev–Trinajstić information content (AvgIpc) is 3.51. The number of nitrogens with one attached hydrogen (secondary N) is 1. The summed E-state index contributed by atoms with van der Waals surface area (Å²) in [6.07, 6.45) is 2.53. The molecule has 31 heavy (non-hydrogen) atoms. The first kappa shape index (κ1) is 21.5. The maximum Gasteiger partial charge on any atom is 0.236 e. The monoisotopic (exact) mass is 467 g/mol. The second-order valence-corrected chi connectivity index (χ2v) is 9.63. The number of thiophene rings is 1. The van der Waals surface area contributed by atoms with Gasteiger partial charge in [0.05, 0.1) is 11.4 Å². The van der Waals surface area contributed by atoms with Gasteiger partial charge in [-0.3, -0.25) is 4.79 Å². The fourth-order valence-electron chi connectivity index (χ4n) is 2.91. The van der Waals surface area contributed by atoms with Crippen molar-refractivity contribution < 1.29 is 4.79 Å². The highest BCUT2D eigenvalue weighted by molar-refractivity contribution is 7.99. The molecule has 0 aliphatic heterocycles. The number of hydrogen-bond acceptors (Lipinski definition) is 7. The van der Waals surface area contributed by atoms with E-state index >= 15 is 0 Å². The molecule has 0 fully saturated rings. The normalized spacial score (nSPS) is 10.9. The third-order valence-electron chi connectivity index (χ3n) is 4.45. The lowest BCUT2D eigenvalue weighted by Gasteiger charge is -2.07. The summed E-state index contributed by atoms with van der Waals surface area (Å²) >= 11 is 4.47. The van der Waals surface area contributed by atoms with E-state index in [0.717, 1.165) is 17.1 Å². The van der Waals surface area contributed by atoms with E-state index < -0.39 is 0 Å². The van der Waals surface area contributed by atoms with E-state index in [1.165, 1.54) is 33.5 Å². The van der Waals surface area contributed by atoms with Crippen LogP contribution in [0.1, 0.15) is 16.3 Å². The van der Waals surface area contributed by atoms with Gasteiger partial charge in [0.1, 0.15) is 5.82 Å². The lowest BCUT2D eigenvalue weighted by molar-refractivity contribution is -0.113. The third-order valence-corrected chi connectivity index (χ3v) is 7.05. The van der Waals surface area contributed by atoms with Gasteiger partial charge in [-0.05, 0) is 18.4 Å². The van der Waals surface area contributed by atoms with Crippen LogP contribution in [0.4, 0.5) is 5.13 Å². The van der Waals surface area contributed by atoms with Gasteiger partial charge >= 0.3 is 0 Å². The van der Waals surface area contributed by atoms with Gasteiger partial charge in [0.2, 0.25) is 5.91 Å². The number of aryl methyl sites for hydroxylation is 1. The van der Waals surface area contributed by atoms with Crippen molar-refractivity contribution in [3.63, 3.8) is 0 Å². The number of carbonyl (C=O) groups excluding carboxylic acids is 1. The lowest BCUT2D eigenvalue weighted by atomic mass is 10.1. The SMILES string of the molecule is C=CCn1c(Cc2cccs2)nnc1SCC(=O)Nc1nc(-c2ccc(C)cc2)cs1. The number of carbonyl (C=O) groups is 1. The first-order valence-electron chi connectivity index (χ1n) is 9.63. The highest BCUT2D eigenvalue weighted by Gasteiger charge is 2.15. The molecule has 1 amide bonds. The summed E-state index contributed by atoms with van der Waals surface area (Å²) in [5.74, 6) is 0.976. The van der Waals surface area contributed by atoms with Crippen LogP contribution in [0.3, 0.4) is 0 Å². The van der Waals surface area contributed by atoms with Gasteiger partial charge in [-0.1, -0.05) is 53.7 Å². The second kappa shape index (κ2) is 10.0. The van der Waals surface area contributed by atoms with Crippen LogP contribution < -0.4 is 5.32 Å². The van der Waals surface area contributed by atoms with Gasteiger partial charge in [-0.25, -0.2) is 4.98 Å². The molecule has 6 nitrogen and oxygen atoms in total. The summed E-state index contributed by atoms with van der Waals surface area (Å²) in [7, 11) is 0. The smallest absolute Gasteiger partial charge is 0.236 e. The number of benzene rings is 1. The van der Waals surface area contributed by atoms with Gasteiger partial charge in [0.15, 0.2) is 10.3 Å². The molecule has 1 aromatic carbocycles. The van der Waals surface area contributed by atoms with E-state index in [-0.39, 0.29) is 11.7 Å². The Morgan fingerprint density at radius 3 is 2.81 bits per heavy atom. The molecule has 0 saturated carbocycles. The van der Waals surface area contributed by atoms with E-state index in [1.54, 1.807) is 11.3 Å². The predicted octanol–water partition coefficient (Wildman–Crippen LogP) is 5.28. The summed E-state index contributed by atoms with van der Waals surface area (Å²) in [5, 5.41) is 16.8. The molecular formula is C22H21N5OS3. The minimum absolute atomic E-state index is 0.122. The minimum atomic E-state index is -0.122. The van der Waals surface area contributed by atoms with Crippen molar-refractivity contribution in [1.82, 2.24) is 19.7 Å². The Kier molecular flexibility index (Phi) is 6.96. The Balaban J connectivity index is 1.37. The molecule has 3 aromatic heterocycles. The number of amides is 1. The fourth-order valence-corrected chi connectivity index (χ4v) is 5.12. The van der Waals surface area contributed by atoms with Gasteiger partial charge in [-0.15, -0.1) is 39.4 Å². The van der Waals surface area contributed by atoms with Crippen LogP contribution in [-0.2, 0) is 17.8 Å². The molecule has 0 unspecified atom stereocenters. The van der Waals surface area contributed by atoms with Crippen molar-refractivity contribution in [2.45, 2.75) is 25.0 Å². The molecule has 4 aromatic rings. The molecule has 4 rings (SSSR count). The molecule has 0 atom stereocenters. The number of rotatable bonds is 9. The topological polar surface area (TPSA) is 72.7 Å². The number of nitrogens with zero attached hydrogens (tertiary/aromatic N) is 4. The maximum absolute atomic E-state index is 12.5. The zero-order chi connectivity index (χ0) is 21.6. The molecule has 9 heteroatoms. The molecule has 0 aliphatic carbocycles. The summed E-state index contributed by atoms with van der Waals surface area (Å²) in [4.78, 5) is 18.2. The Labute approximate surface area is 193 Å². The van der Waals surface area contributed by atoms with Crippen molar-refractivity contribution in [2.75, 3.05) is 11.1 Å². The lowest BCUT2D eigenvalue weighted by Crippen LogP contribution is -2.14. The van der Waals surface area contributed by atoms with Crippen molar-refractivity contribution in [2.24, 2.45) is 0 Å². The first-order chi connectivity index (χ1) is 15.1. The largest absolute Gasteiger partial charge is 0.302 e. The van der Waals surface area contributed by atoms with Crippen molar-refractivity contribution in [3.8, 4) is 11.3 Å². The van der Waals surface area contributed by atoms with Crippen LogP contribution >= 0.6 is 34.4 Å². The molecule has 3 heterocycles. The standard InChI is InChI=1S/C22H21N5OS3/c1-3-10-27-19(12-17-5-4-11-29-17)25-26-22(27)31-14-20(28)24-21-23-18(13-30-21)16-8-6-15(2)7-9-16/h3-9,11,13H,1,10,12,14H2,2H3,(H,23,24,28). The number of aromatic nitrogens is 4. The van der Waals surface area contributed by atoms with Crippen molar-refractivity contribution in [1.29, 1.82) is 0 Å². The highest BCUT2D eigenvalue weighted by atomic mass is 32.2. The van der Waals surface area contributed by atoms with Gasteiger partial charge < -0.3 is 9.88 Å². The summed E-state index contributed by atoms with van der Waals surface area (Å²) < 4.78 is 2.00. The molecule has 158 valence electrons. The van der Waals surface area contributed by atoms with E-state index in [1.807, 2.05) is 39.6 Å². The minimum Gasteiger partial charge on any atom is -0.302 e. The van der Waals surface area contributed by atoms with Crippen LogP contribution in [0, 0.1) is 6.92 Å². The van der Waals surface area contributed by atoms with Crippen LogP contribution in [-0.4, -0.2) is 31.4 Å². The van der Waals surface area contributed by atoms with Crippen LogP contribution in [0.25, 0.3) is 11.3 Å². The number of hydrogen-bond donors (Lipinski definition) is 1. The number of thioether (sulfide) groups is 1. The average molecular weight is 468 g/mol. The number of allylic oxidation sites excluding steroid dienone is 1. The van der Waals surface area contributed by atoms with Crippen molar-refractivity contribution >= 4 is 45.5 Å². The second-order valence-electron chi connectivity index (χ2n) is 6.79. The summed E-state index contributed by atoms with van der Waals surface area (Å²) in [6.45, 7) is 6.48. The molecule has 1 N–H and O–H groups in total. The molecule has 0 saturated heterocycles. The molecule has 0 aliphatic rings. The first-order valence-corrected chi connectivity index (χ1v) is 12.4. The van der Waals surface area contributed by atoms with Gasteiger partial charge in [0.25, 0.3) is 0 Å². The van der Waals surface area contributed by atoms with Gasteiger partial charge in [0, 0.05) is 28.8 Å². The zero-order valence-electron chi connectivity index (χ0n) is 16.9.